The molecule has 3 aromatic rings. The van der Waals surface area contributed by atoms with E-state index in [9.17, 15) is 4.79 Å². The Balaban J connectivity index is 2.04. The summed E-state index contributed by atoms with van der Waals surface area (Å²) in [4.78, 5) is 22.0. The van der Waals surface area contributed by atoms with Crippen molar-refractivity contribution in [3.8, 4) is 0 Å². The van der Waals surface area contributed by atoms with Gasteiger partial charge in [-0.15, -0.1) is 5.59 Å². The van der Waals surface area contributed by atoms with Crippen LogP contribution in [0.3, 0.4) is 0 Å². The van der Waals surface area contributed by atoms with Gasteiger partial charge in [-0.3, -0.25) is 20.3 Å². The topological polar surface area (TPSA) is 90.4 Å². The molecule has 0 aliphatic carbocycles. The van der Waals surface area contributed by atoms with Crippen LogP contribution in [0.25, 0.3) is 0 Å². The molecule has 1 amide bonds. The molecule has 0 saturated carbocycles. The number of anilines is 3. The summed E-state index contributed by atoms with van der Waals surface area (Å²) in [6.45, 7) is 0. The van der Waals surface area contributed by atoms with Crippen LogP contribution in [0.1, 0.15) is 10.4 Å². The zero-order chi connectivity index (χ0) is 17.6. The second-order valence-corrected chi connectivity index (χ2v) is 5.37. The standard InChI is InChI=1S/C17H14ClN5O2/c18-14-8-4-5-9-15(14)23(13-6-2-1-3-7-13)17-19-10-12(11-20-17)16(24)21-22-25/h1-11,22,25H,(H,21,24). The Bertz CT molecular complexity index is 858. The average Bonchev–Trinajstić information content (AvgIpc) is 2.65. The van der Waals surface area contributed by atoms with Gasteiger partial charge in [-0.25, -0.2) is 9.97 Å². The van der Waals surface area contributed by atoms with E-state index in [1.165, 1.54) is 12.4 Å². The number of benzene rings is 2. The maximum Gasteiger partial charge on any atom is 0.270 e. The highest BCUT2D eigenvalue weighted by atomic mass is 35.5. The molecular formula is C17H14ClN5O2. The zero-order valence-electron chi connectivity index (χ0n) is 12.9. The quantitative estimate of drug-likeness (QED) is 0.609. The van der Waals surface area contributed by atoms with Crippen molar-refractivity contribution in [3.63, 3.8) is 0 Å². The third-order valence-electron chi connectivity index (χ3n) is 3.38. The number of nitrogens with one attached hydrogen (secondary N) is 2. The highest BCUT2D eigenvalue weighted by Gasteiger charge is 2.18. The highest BCUT2D eigenvalue weighted by Crippen LogP contribution is 2.36. The van der Waals surface area contributed by atoms with Gasteiger partial charge >= 0.3 is 0 Å². The summed E-state index contributed by atoms with van der Waals surface area (Å²) in [5.74, 6) is -0.203. The Morgan fingerprint density at radius 1 is 1.00 bits per heavy atom. The van der Waals surface area contributed by atoms with Gasteiger partial charge in [-0.1, -0.05) is 41.9 Å². The molecule has 0 aliphatic rings. The molecule has 2 aromatic carbocycles. The Kier molecular flexibility index (Phi) is 5.20. The fourth-order valence-electron chi connectivity index (χ4n) is 2.25. The van der Waals surface area contributed by atoms with E-state index in [1.807, 2.05) is 54.0 Å². The van der Waals surface area contributed by atoms with Crippen LogP contribution in [-0.2, 0) is 0 Å². The summed E-state index contributed by atoms with van der Waals surface area (Å²) in [5, 5.41) is 9.07. The first kappa shape index (κ1) is 16.8. The van der Waals surface area contributed by atoms with Gasteiger partial charge in [-0.05, 0) is 24.3 Å². The molecule has 1 heterocycles. The zero-order valence-corrected chi connectivity index (χ0v) is 13.7. The molecule has 1 aromatic heterocycles. The number of hydrazine groups is 1. The van der Waals surface area contributed by atoms with E-state index in [-0.39, 0.29) is 5.56 Å². The Labute approximate surface area is 148 Å². The van der Waals surface area contributed by atoms with Crippen molar-refractivity contribution in [2.24, 2.45) is 0 Å². The lowest BCUT2D eigenvalue weighted by atomic mass is 10.2. The van der Waals surface area contributed by atoms with Crippen LogP contribution in [-0.4, -0.2) is 21.1 Å². The lowest BCUT2D eigenvalue weighted by Crippen LogP contribution is -2.34. The smallest absolute Gasteiger partial charge is 0.270 e. The van der Waals surface area contributed by atoms with Crippen LogP contribution in [0.2, 0.25) is 5.02 Å². The van der Waals surface area contributed by atoms with Crippen molar-refractivity contribution in [2.45, 2.75) is 0 Å². The lowest BCUT2D eigenvalue weighted by Gasteiger charge is -2.23. The molecule has 7 nitrogen and oxygen atoms in total. The number of nitrogens with zero attached hydrogens (tertiary/aromatic N) is 3. The summed E-state index contributed by atoms with van der Waals surface area (Å²) < 4.78 is 0. The van der Waals surface area contributed by atoms with E-state index in [1.54, 1.807) is 16.6 Å². The summed E-state index contributed by atoms with van der Waals surface area (Å²) in [6.07, 6.45) is 2.73. The molecule has 0 radical (unpaired) electrons. The van der Waals surface area contributed by atoms with Crippen LogP contribution in [0.4, 0.5) is 17.3 Å². The third-order valence-corrected chi connectivity index (χ3v) is 3.70. The first-order chi connectivity index (χ1) is 12.2. The van der Waals surface area contributed by atoms with Gasteiger partial charge in [0.1, 0.15) is 0 Å². The normalized spacial score (nSPS) is 10.3. The van der Waals surface area contributed by atoms with Gasteiger partial charge in [0.15, 0.2) is 0 Å². The summed E-state index contributed by atoms with van der Waals surface area (Å²) >= 11 is 6.34. The van der Waals surface area contributed by atoms with Crippen molar-refractivity contribution < 1.29 is 10.0 Å². The molecule has 3 rings (SSSR count). The number of hydrogen-bond acceptors (Lipinski definition) is 6. The van der Waals surface area contributed by atoms with Crippen LogP contribution in [0.15, 0.2) is 67.0 Å². The number of hydrogen-bond donors (Lipinski definition) is 3. The van der Waals surface area contributed by atoms with Crippen molar-refractivity contribution in [3.05, 3.63) is 77.6 Å². The van der Waals surface area contributed by atoms with E-state index >= 15 is 0 Å². The number of halogens is 1. The Hall–Kier alpha value is -3.00. The Morgan fingerprint density at radius 2 is 1.64 bits per heavy atom. The molecule has 0 bridgehead atoms. The van der Waals surface area contributed by atoms with E-state index in [4.69, 9.17) is 16.8 Å². The molecule has 0 unspecified atom stereocenters. The number of carbonyl (C=O) groups is 1. The van der Waals surface area contributed by atoms with Crippen LogP contribution in [0, 0.1) is 0 Å². The first-order valence-corrected chi connectivity index (χ1v) is 7.69. The van der Waals surface area contributed by atoms with Gasteiger partial charge < -0.3 is 0 Å². The third kappa shape index (κ3) is 3.74. The Morgan fingerprint density at radius 3 is 2.28 bits per heavy atom. The van der Waals surface area contributed by atoms with Crippen LogP contribution < -0.4 is 15.9 Å². The molecule has 0 spiro atoms. The monoisotopic (exact) mass is 355 g/mol. The second kappa shape index (κ2) is 7.71. The second-order valence-electron chi connectivity index (χ2n) is 4.96. The van der Waals surface area contributed by atoms with Crippen LogP contribution in [0.5, 0.6) is 0 Å². The number of rotatable bonds is 5. The van der Waals surface area contributed by atoms with Crippen molar-refractivity contribution in [1.82, 2.24) is 21.0 Å². The molecule has 8 heteroatoms. The van der Waals surface area contributed by atoms with Gasteiger partial charge in [0.25, 0.3) is 5.91 Å². The van der Waals surface area contributed by atoms with Crippen molar-refractivity contribution in [1.29, 1.82) is 0 Å². The van der Waals surface area contributed by atoms with E-state index in [0.29, 0.717) is 16.7 Å². The fourth-order valence-corrected chi connectivity index (χ4v) is 2.47. The molecule has 0 saturated heterocycles. The summed E-state index contributed by atoms with van der Waals surface area (Å²) in [5.41, 5.74) is 5.34. The SMILES string of the molecule is O=C(NNO)c1cnc(N(c2ccccc2)c2ccccc2Cl)nc1. The van der Waals surface area contributed by atoms with Crippen LogP contribution >= 0.6 is 11.6 Å². The maximum absolute atomic E-state index is 11.7. The number of amides is 1. The largest absolute Gasteiger partial charge is 0.297 e. The molecule has 0 fully saturated rings. The molecule has 25 heavy (non-hydrogen) atoms. The van der Waals surface area contributed by atoms with Gasteiger partial charge in [0.05, 0.1) is 16.3 Å². The lowest BCUT2D eigenvalue weighted by molar-refractivity contribution is 0.0731. The van der Waals surface area contributed by atoms with E-state index < -0.39 is 5.91 Å². The first-order valence-electron chi connectivity index (χ1n) is 7.32. The van der Waals surface area contributed by atoms with Gasteiger partial charge in [0.2, 0.25) is 5.95 Å². The minimum absolute atomic E-state index is 0.192. The minimum Gasteiger partial charge on any atom is -0.297 e. The van der Waals surface area contributed by atoms with Gasteiger partial charge in [0, 0.05) is 18.1 Å². The van der Waals surface area contributed by atoms with E-state index in [0.717, 1.165) is 5.69 Å². The number of para-hydroxylation sites is 2. The van der Waals surface area contributed by atoms with E-state index in [2.05, 4.69) is 9.97 Å². The van der Waals surface area contributed by atoms with Crippen molar-refractivity contribution in [2.75, 3.05) is 4.90 Å². The maximum atomic E-state index is 11.7. The summed E-state index contributed by atoms with van der Waals surface area (Å²) in [6, 6.07) is 16.9. The fraction of sp³-hybridized carbons (Fsp3) is 0. The minimum atomic E-state index is -0.557. The van der Waals surface area contributed by atoms with Gasteiger partial charge in [-0.2, -0.15) is 0 Å². The number of carbonyl (C=O) groups excluding carboxylic acids is 1. The van der Waals surface area contributed by atoms with Crippen molar-refractivity contribution >= 4 is 34.8 Å². The predicted octanol–water partition coefficient (Wildman–Crippen LogP) is 3.22. The molecule has 0 aliphatic heterocycles. The average molecular weight is 356 g/mol. The molecule has 0 atom stereocenters. The predicted molar refractivity (Wildman–Crippen MR) is 94.1 cm³/mol. The molecular weight excluding hydrogens is 342 g/mol. The summed E-state index contributed by atoms with van der Waals surface area (Å²) in [7, 11) is 0. The molecule has 3 N–H and O–H groups in total. The molecule has 126 valence electrons. The number of aromatic nitrogens is 2. The highest BCUT2D eigenvalue weighted by molar-refractivity contribution is 6.33.